The third-order valence-electron chi connectivity index (χ3n) is 5.03. The molecule has 0 aromatic carbocycles. The minimum atomic E-state index is -0.401. The van der Waals surface area contributed by atoms with Crippen LogP contribution in [0.15, 0.2) is 0 Å². The lowest BCUT2D eigenvalue weighted by atomic mass is 9.48. The maximum Gasteiger partial charge on any atom is 0.311 e. The molecule has 4 aliphatic carbocycles. The fourth-order valence-corrected chi connectivity index (χ4v) is 4.90. The van der Waals surface area contributed by atoms with Gasteiger partial charge in [-0.3, -0.25) is 4.79 Å². The standard InChI is InChI=1S/C15H25NO2/c1-14(2,3)18-13(17)12-11-5-9-4-10(6-11)8-15(12,16)7-9/h9-12H,4-8,16H2,1-3H3. The van der Waals surface area contributed by atoms with E-state index in [1.165, 1.54) is 19.3 Å². The van der Waals surface area contributed by atoms with E-state index in [2.05, 4.69) is 0 Å². The zero-order valence-electron chi connectivity index (χ0n) is 11.7. The van der Waals surface area contributed by atoms with Crippen LogP contribution in [0.3, 0.4) is 0 Å². The van der Waals surface area contributed by atoms with Crippen molar-refractivity contribution in [2.45, 2.75) is 64.0 Å². The molecule has 0 aromatic heterocycles. The van der Waals surface area contributed by atoms with Crippen LogP contribution < -0.4 is 5.73 Å². The summed E-state index contributed by atoms with van der Waals surface area (Å²) in [6.45, 7) is 5.80. The predicted octanol–water partition coefficient (Wildman–Crippen LogP) is 2.48. The first-order valence-corrected chi connectivity index (χ1v) is 7.28. The fraction of sp³-hybridized carbons (Fsp3) is 0.933. The van der Waals surface area contributed by atoms with Gasteiger partial charge in [-0.05, 0) is 70.6 Å². The van der Waals surface area contributed by atoms with Crippen LogP contribution in [0.1, 0.15) is 52.9 Å². The number of rotatable bonds is 1. The van der Waals surface area contributed by atoms with Crippen LogP contribution in [0.2, 0.25) is 0 Å². The minimum Gasteiger partial charge on any atom is -0.460 e. The van der Waals surface area contributed by atoms with Gasteiger partial charge in [-0.25, -0.2) is 0 Å². The van der Waals surface area contributed by atoms with E-state index in [0.717, 1.165) is 24.7 Å². The number of hydrogen-bond donors (Lipinski definition) is 1. The molecule has 0 aliphatic heterocycles. The number of esters is 1. The number of hydrogen-bond acceptors (Lipinski definition) is 3. The van der Waals surface area contributed by atoms with Gasteiger partial charge in [0.1, 0.15) is 5.60 Å². The van der Waals surface area contributed by atoms with Crippen molar-refractivity contribution in [1.29, 1.82) is 0 Å². The second-order valence-electron chi connectivity index (χ2n) is 7.85. The van der Waals surface area contributed by atoms with Crippen LogP contribution in [-0.4, -0.2) is 17.1 Å². The lowest BCUT2D eigenvalue weighted by molar-refractivity contribution is -0.175. The van der Waals surface area contributed by atoms with Crippen molar-refractivity contribution in [3.63, 3.8) is 0 Å². The summed E-state index contributed by atoms with van der Waals surface area (Å²) < 4.78 is 5.61. The molecule has 0 spiro atoms. The van der Waals surface area contributed by atoms with Crippen LogP contribution in [0.4, 0.5) is 0 Å². The second-order valence-corrected chi connectivity index (χ2v) is 7.85. The normalized spacial score (nSPS) is 46.2. The van der Waals surface area contributed by atoms with Gasteiger partial charge < -0.3 is 10.5 Å². The molecular weight excluding hydrogens is 226 g/mol. The van der Waals surface area contributed by atoms with E-state index in [1.54, 1.807) is 0 Å². The van der Waals surface area contributed by atoms with Crippen LogP contribution in [0.5, 0.6) is 0 Å². The molecule has 4 saturated carbocycles. The average molecular weight is 251 g/mol. The monoisotopic (exact) mass is 251 g/mol. The summed E-state index contributed by atoms with van der Waals surface area (Å²) in [5.41, 5.74) is 5.92. The quantitative estimate of drug-likeness (QED) is 0.728. The molecular formula is C15H25NO2. The summed E-state index contributed by atoms with van der Waals surface area (Å²) in [7, 11) is 0. The largest absolute Gasteiger partial charge is 0.460 e. The first-order valence-electron chi connectivity index (χ1n) is 7.28. The highest BCUT2D eigenvalue weighted by molar-refractivity contribution is 5.75. The number of nitrogens with two attached hydrogens (primary N) is 1. The van der Waals surface area contributed by atoms with Gasteiger partial charge >= 0.3 is 5.97 Å². The minimum absolute atomic E-state index is 0.0474. The molecule has 4 fully saturated rings. The number of carbonyl (C=O) groups excluding carboxylic acids is 1. The van der Waals surface area contributed by atoms with E-state index in [4.69, 9.17) is 10.5 Å². The molecule has 0 aromatic rings. The zero-order valence-corrected chi connectivity index (χ0v) is 11.7. The van der Waals surface area contributed by atoms with Crippen molar-refractivity contribution in [1.82, 2.24) is 0 Å². The summed E-state index contributed by atoms with van der Waals surface area (Å²) in [6, 6.07) is 0. The molecule has 4 aliphatic rings. The maximum absolute atomic E-state index is 12.5. The number of carbonyl (C=O) groups is 1. The van der Waals surface area contributed by atoms with E-state index < -0.39 is 5.60 Å². The van der Waals surface area contributed by atoms with Gasteiger partial charge in [0.15, 0.2) is 0 Å². The first-order chi connectivity index (χ1) is 8.27. The molecule has 0 amide bonds. The summed E-state index contributed by atoms with van der Waals surface area (Å²) in [5.74, 6) is 1.92. The summed E-state index contributed by atoms with van der Waals surface area (Å²) in [6.07, 6.45) is 5.79. The number of ether oxygens (including phenoxy) is 1. The maximum atomic E-state index is 12.5. The van der Waals surface area contributed by atoms with E-state index in [-0.39, 0.29) is 17.4 Å². The van der Waals surface area contributed by atoms with Crippen molar-refractivity contribution < 1.29 is 9.53 Å². The van der Waals surface area contributed by atoms with E-state index in [9.17, 15) is 4.79 Å². The molecule has 3 unspecified atom stereocenters. The van der Waals surface area contributed by atoms with Crippen LogP contribution in [0.25, 0.3) is 0 Å². The Labute approximate surface area is 109 Å². The van der Waals surface area contributed by atoms with Crippen molar-refractivity contribution in [3.05, 3.63) is 0 Å². The Hall–Kier alpha value is -0.570. The highest BCUT2D eigenvalue weighted by Crippen LogP contribution is 2.57. The Morgan fingerprint density at radius 1 is 1.17 bits per heavy atom. The summed E-state index contributed by atoms with van der Waals surface area (Å²) in [5, 5.41) is 0. The van der Waals surface area contributed by atoms with Crippen molar-refractivity contribution in [3.8, 4) is 0 Å². The van der Waals surface area contributed by atoms with Gasteiger partial charge in [-0.2, -0.15) is 0 Å². The Morgan fingerprint density at radius 2 is 1.72 bits per heavy atom. The molecule has 102 valence electrons. The third-order valence-corrected chi connectivity index (χ3v) is 5.03. The molecule has 3 atom stereocenters. The molecule has 2 N–H and O–H groups in total. The average Bonchev–Trinajstić information content (AvgIpc) is 2.09. The van der Waals surface area contributed by atoms with Crippen LogP contribution in [-0.2, 0) is 9.53 Å². The fourth-order valence-electron chi connectivity index (χ4n) is 4.90. The topological polar surface area (TPSA) is 52.3 Å². The highest BCUT2D eigenvalue weighted by Gasteiger charge is 2.58. The Bertz CT molecular complexity index is 357. The molecule has 3 heteroatoms. The van der Waals surface area contributed by atoms with Gasteiger partial charge in [-0.15, -0.1) is 0 Å². The van der Waals surface area contributed by atoms with Crippen molar-refractivity contribution in [2.24, 2.45) is 29.4 Å². The van der Waals surface area contributed by atoms with Gasteiger partial charge in [-0.1, -0.05) is 0 Å². The lowest BCUT2D eigenvalue weighted by Gasteiger charge is -2.58. The Kier molecular flexibility index (Phi) is 2.58. The van der Waals surface area contributed by atoms with Gasteiger partial charge in [0, 0.05) is 5.54 Å². The highest BCUT2D eigenvalue weighted by atomic mass is 16.6. The SMILES string of the molecule is CC(C)(C)OC(=O)C1C2CC3CC(C2)CC1(N)C3. The Morgan fingerprint density at radius 3 is 2.17 bits per heavy atom. The predicted molar refractivity (Wildman–Crippen MR) is 69.8 cm³/mol. The van der Waals surface area contributed by atoms with Crippen LogP contribution in [0, 0.1) is 23.7 Å². The van der Waals surface area contributed by atoms with E-state index >= 15 is 0 Å². The van der Waals surface area contributed by atoms with Gasteiger partial charge in [0.25, 0.3) is 0 Å². The lowest BCUT2D eigenvalue weighted by Crippen LogP contribution is -2.64. The van der Waals surface area contributed by atoms with Gasteiger partial charge in [0.2, 0.25) is 0 Å². The van der Waals surface area contributed by atoms with E-state index in [1.807, 2.05) is 20.8 Å². The molecule has 4 rings (SSSR count). The first kappa shape index (κ1) is 12.5. The smallest absolute Gasteiger partial charge is 0.311 e. The molecule has 18 heavy (non-hydrogen) atoms. The Balaban J connectivity index is 1.82. The van der Waals surface area contributed by atoms with Crippen LogP contribution >= 0.6 is 0 Å². The molecule has 3 nitrogen and oxygen atoms in total. The van der Waals surface area contributed by atoms with Crippen molar-refractivity contribution >= 4 is 5.97 Å². The summed E-state index contributed by atoms with van der Waals surface area (Å²) >= 11 is 0. The third kappa shape index (κ3) is 1.97. The molecule has 0 radical (unpaired) electrons. The summed E-state index contributed by atoms with van der Waals surface area (Å²) in [4.78, 5) is 12.5. The molecule has 0 saturated heterocycles. The molecule has 0 heterocycles. The zero-order chi connectivity index (χ0) is 13.1. The second kappa shape index (κ2) is 3.72. The molecule has 4 bridgehead atoms. The van der Waals surface area contributed by atoms with Crippen molar-refractivity contribution in [2.75, 3.05) is 0 Å². The van der Waals surface area contributed by atoms with Gasteiger partial charge in [0.05, 0.1) is 5.92 Å². The van der Waals surface area contributed by atoms with E-state index in [0.29, 0.717) is 5.92 Å².